The highest BCUT2D eigenvalue weighted by molar-refractivity contribution is 5.91. The van der Waals surface area contributed by atoms with Crippen molar-refractivity contribution in [1.82, 2.24) is 9.88 Å². The van der Waals surface area contributed by atoms with Crippen molar-refractivity contribution in [3.63, 3.8) is 0 Å². The van der Waals surface area contributed by atoms with Crippen molar-refractivity contribution < 1.29 is 19.4 Å². The second-order valence-electron chi connectivity index (χ2n) is 3.87. The summed E-state index contributed by atoms with van der Waals surface area (Å²) in [6.45, 7) is 1.85. The van der Waals surface area contributed by atoms with E-state index in [1.165, 1.54) is 7.11 Å². The van der Waals surface area contributed by atoms with Crippen LogP contribution in [0.5, 0.6) is 0 Å². The number of anilines is 1. The highest BCUT2D eigenvalue weighted by Gasteiger charge is 2.17. The zero-order valence-corrected chi connectivity index (χ0v) is 10.9. The number of hydrogen-bond acceptors (Lipinski definition) is 4. The average molecular weight is 267 g/mol. The fraction of sp³-hybridized carbons (Fsp3) is 0.417. The third kappa shape index (κ3) is 4.92. The standard InChI is InChI=1S/C12H17N3O4/c1-9-10(4-3-5-13-9)14-12(18)15(6-7-19-2)8-11(16)17/h3-5H,6-8H2,1-2H3,(H,14,18)(H,16,17). The van der Waals surface area contributed by atoms with Gasteiger partial charge in [0, 0.05) is 19.9 Å². The van der Waals surface area contributed by atoms with Gasteiger partial charge in [0.05, 0.1) is 18.0 Å². The molecule has 1 rings (SSSR count). The number of aryl methyl sites for hydroxylation is 1. The molecule has 0 aliphatic heterocycles. The number of carboxylic acid groups (broad SMARTS) is 1. The molecule has 1 heterocycles. The summed E-state index contributed by atoms with van der Waals surface area (Å²) in [5, 5.41) is 11.4. The number of hydrogen-bond donors (Lipinski definition) is 2. The summed E-state index contributed by atoms with van der Waals surface area (Å²) in [5.74, 6) is -1.07. The van der Waals surface area contributed by atoms with E-state index in [0.717, 1.165) is 4.90 Å². The summed E-state index contributed by atoms with van der Waals surface area (Å²) < 4.78 is 4.85. The number of aliphatic carboxylic acids is 1. The molecule has 1 aromatic heterocycles. The van der Waals surface area contributed by atoms with E-state index in [-0.39, 0.29) is 19.7 Å². The van der Waals surface area contributed by atoms with E-state index in [1.54, 1.807) is 25.3 Å². The topological polar surface area (TPSA) is 91.8 Å². The number of nitrogens with one attached hydrogen (secondary N) is 1. The molecule has 0 saturated carbocycles. The quantitative estimate of drug-likeness (QED) is 0.800. The molecule has 7 nitrogen and oxygen atoms in total. The van der Waals surface area contributed by atoms with E-state index >= 15 is 0 Å². The van der Waals surface area contributed by atoms with Gasteiger partial charge < -0.3 is 20.1 Å². The van der Waals surface area contributed by atoms with Crippen LogP contribution in [0.1, 0.15) is 5.69 Å². The molecule has 0 saturated heterocycles. The summed E-state index contributed by atoms with van der Waals surface area (Å²) >= 11 is 0. The van der Waals surface area contributed by atoms with Gasteiger partial charge in [-0.1, -0.05) is 0 Å². The lowest BCUT2D eigenvalue weighted by molar-refractivity contribution is -0.137. The maximum absolute atomic E-state index is 12.0. The average Bonchev–Trinajstić information content (AvgIpc) is 2.36. The van der Waals surface area contributed by atoms with E-state index in [9.17, 15) is 9.59 Å². The molecule has 2 N–H and O–H groups in total. The summed E-state index contributed by atoms with van der Waals surface area (Å²) in [7, 11) is 1.49. The van der Waals surface area contributed by atoms with Crippen LogP contribution in [0.4, 0.5) is 10.5 Å². The second-order valence-corrected chi connectivity index (χ2v) is 3.87. The maximum atomic E-state index is 12.0. The van der Waals surface area contributed by atoms with Gasteiger partial charge in [-0.15, -0.1) is 0 Å². The third-order valence-corrected chi connectivity index (χ3v) is 2.43. The van der Waals surface area contributed by atoms with Crippen molar-refractivity contribution in [3.05, 3.63) is 24.0 Å². The minimum atomic E-state index is -1.07. The molecule has 0 bridgehead atoms. The lowest BCUT2D eigenvalue weighted by atomic mass is 10.3. The molecule has 0 aromatic carbocycles. The Kier molecular flexibility index (Phi) is 5.74. The van der Waals surface area contributed by atoms with Crippen LogP contribution in [-0.4, -0.2) is 53.8 Å². The second kappa shape index (κ2) is 7.32. The molecule has 0 aliphatic carbocycles. The van der Waals surface area contributed by atoms with Crippen LogP contribution in [0.2, 0.25) is 0 Å². The monoisotopic (exact) mass is 267 g/mol. The van der Waals surface area contributed by atoms with Gasteiger partial charge in [0.15, 0.2) is 0 Å². The zero-order chi connectivity index (χ0) is 14.3. The third-order valence-electron chi connectivity index (χ3n) is 2.43. The van der Waals surface area contributed by atoms with E-state index in [0.29, 0.717) is 11.4 Å². The fourth-order valence-corrected chi connectivity index (χ4v) is 1.43. The van der Waals surface area contributed by atoms with Gasteiger partial charge in [0.1, 0.15) is 6.54 Å². The van der Waals surface area contributed by atoms with Crippen molar-refractivity contribution in [1.29, 1.82) is 0 Å². The van der Waals surface area contributed by atoms with Crippen LogP contribution in [0.15, 0.2) is 18.3 Å². The zero-order valence-electron chi connectivity index (χ0n) is 10.9. The van der Waals surface area contributed by atoms with Gasteiger partial charge in [0.25, 0.3) is 0 Å². The Morgan fingerprint density at radius 1 is 1.53 bits per heavy atom. The van der Waals surface area contributed by atoms with E-state index in [2.05, 4.69) is 10.3 Å². The van der Waals surface area contributed by atoms with Crippen LogP contribution in [-0.2, 0) is 9.53 Å². The number of rotatable bonds is 6. The lowest BCUT2D eigenvalue weighted by Gasteiger charge is -2.21. The number of carbonyl (C=O) groups excluding carboxylic acids is 1. The summed E-state index contributed by atoms with van der Waals surface area (Å²) in [6.07, 6.45) is 1.62. The smallest absolute Gasteiger partial charge is 0.323 e. The molecule has 0 spiro atoms. The molecule has 0 aliphatic rings. The Balaban J connectivity index is 2.70. The molecule has 104 valence electrons. The first-order chi connectivity index (χ1) is 9.04. The van der Waals surface area contributed by atoms with Crippen molar-refractivity contribution in [2.75, 3.05) is 32.1 Å². The highest BCUT2D eigenvalue weighted by Crippen LogP contribution is 2.11. The molecule has 7 heteroatoms. The van der Waals surface area contributed by atoms with Gasteiger partial charge in [0.2, 0.25) is 0 Å². The number of aromatic nitrogens is 1. The minimum Gasteiger partial charge on any atom is -0.480 e. The van der Waals surface area contributed by atoms with Gasteiger partial charge in [-0.3, -0.25) is 9.78 Å². The predicted octanol–water partition coefficient (Wildman–Crippen LogP) is 0.955. The first-order valence-electron chi connectivity index (χ1n) is 5.73. The lowest BCUT2D eigenvalue weighted by Crippen LogP contribution is -2.40. The molecule has 19 heavy (non-hydrogen) atoms. The van der Waals surface area contributed by atoms with Gasteiger partial charge in [-0.05, 0) is 19.1 Å². The summed E-state index contributed by atoms with van der Waals surface area (Å²) in [4.78, 5) is 27.9. The molecule has 2 amide bonds. The van der Waals surface area contributed by atoms with Crippen LogP contribution in [0.25, 0.3) is 0 Å². The number of pyridine rings is 1. The number of ether oxygens (including phenoxy) is 1. The van der Waals surface area contributed by atoms with Crippen LogP contribution in [0.3, 0.4) is 0 Å². The van der Waals surface area contributed by atoms with Crippen molar-refractivity contribution in [3.8, 4) is 0 Å². The molecule has 0 radical (unpaired) electrons. The number of carbonyl (C=O) groups is 2. The van der Waals surface area contributed by atoms with E-state index < -0.39 is 12.0 Å². The maximum Gasteiger partial charge on any atom is 0.323 e. The van der Waals surface area contributed by atoms with Crippen molar-refractivity contribution in [2.24, 2.45) is 0 Å². The fourth-order valence-electron chi connectivity index (χ4n) is 1.43. The summed E-state index contributed by atoms with van der Waals surface area (Å²) in [5.41, 5.74) is 1.22. The number of methoxy groups -OCH3 is 1. The Morgan fingerprint density at radius 2 is 2.26 bits per heavy atom. The largest absolute Gasteiger partial charge is 0.480 e. The van der Waals surface area contributed by atoms with Gasteiger partial charge in [-0.2, -0.15) is 0 Å². The SMILES string of the molecule is COCCN(CC(=O)O)C(=O)Nc1cccnc1C. The molecular formula is C12H17N3O4. The first-order valence-corrected chi connectivity index (χ1v) is 5.73. The molecule has 0 fully saturated rings. The molecular weight excluding hydrogens is 250 g/mol. The number of amides is 2. The van der Waals surface area contributed by atoms with E-state index in [1.807, 2.05) is 0 Å². The highest BCUT2D eigenvalue weighted by atomic mass is 16.5. The Morgan fingerprint density at radius 3 is 2.84 bits per heavy atom. The van der Waals surface area contributed by atoms with Crippen molar-refractivity contribution >= 4 is 17.7 Å². The van der Waals surface area contributed by atoms with Gasteiger partial charge in [-0.25, -0.2) is 4.79 Å². The van der Waals surface area contributed by atoms with Crippen LogP contribution < -0.4 is 5.32 Å². The summed E-state index contributed by atoms with van der Waals surface area (Å²) in [6, 6.07) is 2.91. The minimum absolute atomic E-state index is 0.202. The van der Waals surface area contributed by atoms with Crippen LogP contribution >= 0.6 is 0 Å². The number of urea groups is 1. The van der Waals surface area contributed by atoms with Crippen molar-refractivity contribution in [2.45, 2.75) is 6.92 Å². The Bertz CT molecular complexity index is 450. The Labute approximate surface area is 111 Å². The number of nitrogens with zero attached hydrogens (tertiary/aromatic N) is 2. The van der Waals surface area contributed by atoms with Gasteiger partial charge >= 0.3 is 12.0 Å². The molecule has 0 unspecified atom stereocenters. The molecule has 1 aromatic rings. The predicted molar refractivity (Wildman–Crippen MR) is 69.1 cm³/mol. The Hall–Kier alpha value is -2.15. The molecule has 0 atom stereocenters. The van der Waals surface area contributed by atoms with E-state index in [4.69, 9.17) is 9.84 Å². The first kappa shape index (κ1) is 14.9. The number of carboxylic acids is 1. The normalized spacial score (nSPS) is 10.0. The van der Waals surface area contributed by atoms with Crippen LogP contribution in [0, 0.1) is 6.92 Å².